The summed E-state index contributed by atoms with van der Waals surface area (Å²) in [4.78, 5) is 10.5. The minimum atomic E-state index is -0.645. The fraction of sp³-hybridized carbons (Fsp3) is 0.958. The summed E-state index contributed by atoms with van der Waals surface area (Å²) < 4.78 is 0. The fourth-order valence-electron chi connectivity index (χ4n) is 4.48. The first-order valence-electron chi connectivity index (χ1n) is 12.0. The summed E-state index contributed by atoms with van der Waals surface area (Å²) in [6.07, 6.45) is 29.5. The van der Waals surface area contributed by atoms with Gasteiger partial charge in [0, 0.05) is 6.42 Å². The van der Waals surface area contributed by atoms with Crippen LogP contribution in [0.2, 0.25) is 0 Å². The molecule has 1 N–H and O–H groups in total. The number of carboxylic acids is 1. The Morgan fingerprint density at radius 3 is 1.42 bits per heavy atom. The normalized spacial score (nSPS) is 19.1. The number of carbonyl (C=O) groups is 1. The monoisotopic (exact) mass is 366 g/mol. The van der Waals surface area contributed by atoms with Crippen molar-refractivity contribution < 1.29 is 9.90 Å². The van der Waals surface area contributed by atoms with Crippen LogP contribution in [0.15, 0.2) is 0 Å². The average molecular weight is 367 g/mol. The second kappa shape index (κ2) is 17.9. The topological polar surface area (TPSA) is 37.3 Å². The van der Waals surface area contributed by atoms with Crippen LogP contribution in [0, 0.1) is 5.92 Å². The van der Waals surface area contributed by atoms with E-state index in [0.29, 0.717) is 6.42 Å². The van der Waals surface area contributed by atoms with E-state index in [1.807, 2.05) is 0 Å². The van der Waals surface area contributed by atoms with E-state index >= 15 is 0 Å². The third-order valence-corrected chi connectivity index (χ3v) is 6.23. The molecule has 0 spiro atoms. The average Bonchev–Trinajstić information content (AvgIpc) is 2.62. The third kappa shape index (κ3) is 15.7. The van der Waals surface area contributed by atoms with Gasteiger partial charge in [-0.3, -0.25) is 4.79 Å². The van der Waals surface area contributed by atoms with E-state index in [9.17, 15) is 4.79 Å². The zero-order valence-corrected chi connectivity index (χ0v) is 17.5. The second-order valence-corrected chi connectivity index (χ2v) is 8.74. The molecule has 154 valence electrons. The highest BCUT2D eigenvalue weighted by atomic mass is 16.4. The number of unbranched alkanes of at least 4 members (excludes halogenated alkanes) is 6. The van der Waals surface area contributed by atoms with Crippen molar-refractivity contribution in [3.8, 4) is 0 Å². The Labute approximate surface area is 163 Å². The van der Waals surface area contributed by atoms with E-state index in [-0.39, 0.29) is 0 Å². The van der Waals surface area contributed by atoms with Crippen LogP contribution in [-0.4, -0.2) is 11.1 Å². The van der Waals surface area contributed by atoms with Crippen LogP contribution in [0.1, 0.15) is 141 Å². The zero-order chi connectivity index (χ0) is 18.7. The summed E-state index contributed by atoms with van der Waals surface area (Å²) in [5.41, 5.74) is 0. The number of aliphatic carboxylic acids is 1. The van der Waals surface area contributed by atoms with Crippen LogP contribution in [-0.2, 0) is 4.79 Å². The van der Waals surface area contributed by atoms with Gasteiger partial charge in [0.05, 0.1) is 0 Å². The lowest BCUT2D eigenvalue weighted by atomic mass is 9.89. The van der Waals surface area contributed by atoms with Crippen molar-refractivity contribution in [1.82, 2.24) is 0 Å². The van der Waals surface area contributed by atoms with Crippen LogP contribution >= 0.6 is 0 Å². The van der Waals surface area contributed by atoms with Gasteiger partial charge in [0.25, 0.3) is 0 Å². The standard InChI is InChI=1S/C24H46O2/c25-24(26)22-18-14-10-6-9-13-17-21-23-19-15-11-7-4-2-1-3-5-8-12-16-20-23/h23H,1-22H2,(H,25,26). The molecule has 0 saturated heterocycles. The number of hydrogen-bond acceptors (Lipinski definition) is 1. The lowest BCUT2D eigenvalue weighted by Gasteiger charge is -2.17. The van der Waals surface area contributed by atoms with E-state index in [4.69, 9.17) is 5.11 Å². The molecule has 0 amide bonds. The lowest BCUT2D eigenvalue weighted by Crippen LogP contribution is -2.02. The first-order chi connectivity index (χ1) is 12.8. The van der Waals surface area contributed by atoms with Gasteiger partial charge in [0.15, 0.2) is 0 Å². The van der Waals surface area contributed by atoms with Crippen molar-refractivity contribution in [3.05, 3.63) is 0 Å². The summed E-state index contributed by atoms with van der Waals surface area (Å²) in [6, 6.07) is 0. The van der Waals surface area contributed by atoms with Crippen LogP contribution < -0.4 is 0 Å². The zero-order valence-electron chi connectivity index (χ0n) is 17.5. The first kappa shape index (κ1) is 23.5. The van der Waals surface area contributed by atoms with Crippen molar-refractivity contribution in [3.63, 3.8) is 0 Å². The van der Waals surface area contributed by atoms with Gasteiger partial charge in [-0.2, -0.15) is 0 Å². The highest BCUT2D eigenvalue weighted by Gasteiger charge is 2.09. The van der Waals surface area contributed by atoms with Gasteiger partial charge in [-0.15, -0.1) is 0 Å². The molecule has 1 aliphatic carbocycles. The van der Waals surface area contributed by atoms with Gasteiger partial charge in [-0.25, -0.2) is 0 Å². The maximum atomic E-state index is 10.5. The first-order valence-corrected chi connectivity index (χ1v) is 12.0. The van der Waals surface area contributed by atoms with Crippen LogP contribution in [0.4, 0.5) is 0 Å². The largest absolute Gasteiger partial charge is 0.481 e. The molecule has 26 heavy (non-hydrogen) atoms. The summed E-state index contributed by atoms with van der Waals surface area (Å²) in [5.74, 6) is 0.349. The molecule has 2 nitrogen and oxygen atoms in total. The predicted molar refractivity (Wildman–Crippen MR) is 113 cm³/mol. The fourth-order valence-corrected chi connectivity index (χ4v) is 4.48. The van der Waals surface area contributed by atoms with Crippen LogP contribution in [0.25, 0.3) is 0 Å². The maximum absolute atomic E-state index is 10.5. The highest BCUT2D eigenvalue weighted by Crippen LogP contribution is 2.25. The van der Waals surface area contributed by atoms with E-state index in [1.54, 1.807) is 0 Å². The molecule has 2 heteroatoms. The maximum Gasteiger partial charge on any atom is 0.303 e. The molecule has 0 unspecified atom stereocenters. The van der Waals surface area contributed by atoms with Crippen LogP contribution in [0.5, 0.6) is 0 Å². The molecule has 0 aromatic rings. The minimum absolute atomic E-state index is 0.349. The SMILES string of the molecule is O=C(O)CCCCCCCCCC1CCCCCCCCCCCCC1. The van der Waals surface area contributed by atoms with E-state index < -0.39 is 5.97 Å². The molecule has 0 radical (unpaired) electrons. The van der Waals surface area contributed by atoms with Gasteiger partial charge in [-0.05, 0) is 12.3 Å². The molecule has 0 aliphatic heterocycles. The lowest BCUT2D eigenvalue weighted by molar-refractivity contribution is -0.137. The smallest absolute Gasteiger partial charge is 0.303 e. The van der Waals surface area contributed by atoms with Crippen molar-refractivity contribution in [2.75, 3.05) is 0 Å². The van der Waals surface area contributed by atoms with Gasteiger partial charge >= 0.3 is 5.97 Å². The Bertz CT molecular complexity index is 299. The second-order valence-electron chi connectivity index (χ2n) is 8.74. The number of hydrogen-bond donors (Lipinski definition) is 1. The van der Waals surface area contributed by atoms with Gasteiger partial charge in [0.2, 0.25) is 0 Å². The van der Waals surface area contributed by atoms with E-state index in [0.717, 1.165) is 18.8 Å². The summed E-state index contributed by atoms with van der Waals surface area (Å²) in [6.45, 7) is 0. The number of rotatable bonds is 10. The molecule has 1 saturated carbocycles. The van der Waals surface area contributed by atoms with Gasteiger partial charge in [0.1, 0.15) is 0 Å². The third-order valence-electron chi connectivity index (χ3n) is 6.23. The van der Waals surface area contributed by atoms with E-state index in [1.165, 1.54) is 122 Å². The van der Waals surface area contributed by atoms with Crippen molar-refractivity contribution in [1.29, 1.82) is 0 Å². The molecule has 1 aliphatic rings. The summed E-state index contributed by atoms with van der Waals surface area (Å²) in [7, 11) is 0. The minimum Gasteiger partial charge on any atom is -0.481 e. The van der Waals surface area contributed by atoms with Crippen LogP contribution in [0.3, 0.4) is 0 Å². The molecular formula is C24H46O2. The van der Waals surface area contributed by atoms with Gasteiger partial charge < -0.3 is 5.11 Å². The van der Waals surface area contributed by atoms with Gasteiger partial charge in [-0.1, -0.05) is 128 Å². The van der Waals surface area contributed by atoms with E-state index in [2.05, 4.69) is 0 Å². The quantitative estimate of drug-likeness (QED) is 0.395. The molecule has 1 fully saturated rings. The van der Waals surface area contributed by atoms with Crippen molar-refractivity contribution in [2.24, 2.45) is 5.92 Å². The van der Waals surface area contributed by atoms with Crippen molar-refractivity contribution in [2.45, 2.75) is 141 Å². The summed E-state index contributed by atoms with van der Waals surface area (Å²) >= 11 is 0. The number of carboxylic acid groups (broad SMARTS) is 1. The molecule has 0 heterocycles. The highest BCUT2D eigenvalue weighted by molar-refractivity contribution is 5.66. The Kier molecular flexibility index (Phi) is 16.2. The predicted octanol–water partition coefficient (Wildman–Crippen LogP) is 8.28. The molecule has 0 aromatic carbocycles. The molecule has 0 aromatic heterocycles. The Morgan fingerprint density at radius 2 is 0.962 bits per heavy atom. The molecule has 0 atom stereocenters. The molecule has 1 rings (SSSR count). The molecule has 0 bridgehead atoms. The van der Waals surface area contributed by atoms with Crippen molar-refractivity contribution >= 4 is 5.97 Å². The summed E-state index contributed by atoms with van der Waals surface area (Å²) in [5, 5.41) is 8.64. The Morgan fingerprint density at radius 1 is 0.577 bits per heavy atom. The Balaban J connectivity index is 2.04. The Hall–Kier alpha value is -0.530. The molecular weight excluding hydrogens is 320 g/mol.